The number of carbonyl (C=O) groups excluding carboxylic acids is 1. The molecule has 5 heteroatoms. The van der Waals surface area contributed by atoms with Crippen LogP contribution in [0, 0.1) is 0 Å². The first-order valence-corrected chi connectivity index (χ1v) is 9.55. The molecule has 2 heterocycles. The topological polar surface area (TPSA) is 46.4 Å². The lowest BCUT2D eigenvalue weighted by Crippen LogP contribution is -3.14. The maximum atomic E-state index is 12.6. The summed E-state index contributed by atoms with van der Waals surface area (Å²) in [5.41, 5.74) is 1.82. The lowest BCUT2D eigenvalue weighted by molar-refractivity contribution is -0.936. The number of anilines is 1. The highest BCUT2D eigenvalue weighted by molar-refractivity contribution is 7.15. The Balaban J connectivity index is 1.53. The molecular weight excluding hydrogens is 330 g/mol. The molecule has 0 bridgehead atoms. The lowest BCUT2D eigenvalue weighted by atomic mass is 10.1. The average Bonchev–Trinajstić information content (AvgIpc) is 3.02. The van der Waals surface area contributed by atoms with E-state index in [1.165, 1.54) is 4.88 Å². The van der Waals surface area contributed by atoms with E-state index >= 15 is 0 Å². The first-order valence-electron chi connectivity index (χ1n) is 8.73. The number of amides is 1. The van der Waals surface area contributed by atoms with Crippen molar-refractivity contribution >= 4 is 33.1 Å². The van der Waals surface area contributed by atoms with Gasteiger partial charge in [-0.15, -0.1) is 0 Å². The number of quaternary nitrogens is 1. The standard InChI is InChI=1S/C20H21N3OS/c1-13(2)23-10-9-17-18(12-23)25-20(21-17)22-19(24)16-8-7-14-5-3-4-6-15(14)11-16/h3-8,11,13H,9-10,12H2,1-2H3,(H,21,22,24)/p+1. The first-order chi connectivity index (χ1) is 12.1. The van der Waals surface area contributed by atoms with E-state index in [-0.39, 0.29) is 5.91 Å². The van der Waals surface area contributed by atoms with Crippen molar-refractivity contribution < 1.29 is 9.69 Å². The number of hydrogen-bond donors (Lipinski definition) is 2. The minimum absolute atomic E-state index is 0.0927. The molecule has 128 valence electrons. The van der Waals surface area contributed by atoms with Gasteiger partial charge >= 0.3 is 0 Å². The Bertz CT molecular complexity index is 932. The average molecular weight is 352 g/mol. The number of fused-ring (bicyclic) bond motifs is 2. The monoisotopic (exact) mass is 352 g/mol. The summed E-state index contributed by atoms with van der Waals surface area (Å²) in [7, 11) is 0. The van der Waals surface area contributed by atoms with E-state index in [1.54, 1.807) is 16.2 Å². The molecule has 0 saturated heterocycles. The predicted molar refractivity (Wildman–Crippen MR) is 102 cm³/mol. The Morgan fingerprint density at radius 1 is 1.20 bits per heavy atom. The van der Waals surface area contributed by atoms with Gasteiger partial charge in [-0.25, -0.2) is 4.98 Å². The number of nitrogens with one attached hydrogen (secondary N) is 2. The van der Waals surface area contributed by atoms with Crippen LogP contribution in [-0.2, 0) is 13.0 Å². The van der Waals surface area contributed by atoms with E-state index in [4.69, 9.17) is 0 Å². The Morgan fingerprint density at radius 3 is 2.80 bits per heavy atom. The molecule has 1 unspecified atom stereocenters. The summed E-state index contributed by atoms with van der Waals surface area (Å²) in [5.74, 6) is -0.0927. The van der Waals surface area contributed by atoms with Crippen LogP contribution in [-0.4, -0.2) is 23.5 Å². The van der Waals surface area contributed by atoms with Gasteiger partial charge in [0.15, 0.2) is 5.13 Å². The zero-order valence-corrected chi connectivity index (χ0v) is 15.3. The van der Waals surface area contributed by atoms with Gasteiger partial charge in [0.2, 0.25) is 0 Å². The van der Waals surface area contributed by atoms with Gasteiger partial charge < -0.3 is 4.90 Å². The summed E-state index contributed by atoms with van der Waals surface area (Å²) in [4.78, 5) is 20.1. The van der Waals surface area contributed by atoms with Crippen LogP contribution in [0.1, 0.15) is 34.8 Å². The summed E-state index contributed by atoms with van der Waals surface area (Å²) in [5, 5.41) is 5.91. The minimum atomic E-state index is -0.0927. The maximum Gasteiger partial charge on any atom is 0.257 e. The molecule has 3 aromatic rings. The number of carbonyl (C=O) groups is 1. The summed E-state index contributed by atoms with van der Waals surface area (Å²) in [6, 6.07) is 14.5. The molecular formula is C20H22N3OS+. The third-order valence-electron chi connectivity index (χ3n) is 4.90. The fraction of sp³-hybridized carbons (Fsp3) is 0.300. The van der Waals surface area contributed by atoms with Crippen molar-refractivity contribution in [1.82, 2.24) is 4.98 Å². The summed E-state index contributed by atoms with van der Waals surface area (Å²) < 4.78 is 0. The van der Waals surface area contributed by atoms with Gasteiger partial charge in [0.05, 0.1) is 23.2 Å². The highest BCUT2D eigenvalue weighted by atomic mass is 32.1. The summed E-state index contributed by atoms with van der Waals surface area (Å²) >= 11 is 1.62. The maximum absolute atomic E-state index is 12.6. The number of nitrogens with zero attached hydrogens (tertiary/aromatic N) is 1. The first kappa shape index (κ1) is 16.2. The Labute approximate surface area is 151 Å². The summed E-state index contributed by atoms with van der Waals surface area (Å²) in [6.45, 7) is 6.64. The van der Waals surface area contributed by atoms with E-state index in [9.17, 15) is 4.79 Å². The van der Waals surface area contributed by atoms with Crippen molar-refractivity contribution in [2.75, 3.05) is 11.9 Å². The van der Waals surface area contributed by atoms with Crippen LogP contribution in [0.15, 0.2) is 42.5 Å². The van der Waals surface area contributed by atoms with Gasteiger partial charge in [0.25, 0.3) is 5.91 Å². The van der Waals surface area contributed by atoms with Crippen molar-refractivity contribution in [3.05, 3.63) is 58.6 Å². The third-order valence-corrected chi connectivity index (χ3v) is 5.91. The van der Waals surface area contributed by atoms with Crippen LogP contribution in [0.4, 0.5) is 5.13 Å². The van der Waals surface area contributed by atoms with Gasteiger partial charge in [-0.1, -0.05) is 41.7 Å². The van der Waals surface area contributed by atoms with Crippen LogP contribution < -0.4 is 10.2 Å². The molecule has 0 aliphatic carbocycles. The highest BCUT2D eigenvalue weighted by Gasteiger charge is 2.25. The number of benzene rings is 2. The largest absolute Gasteiger partial charge is 0.328 e. The number of rotatable bonds is 3. The van der Waals surface area contributed by atoms with Gasteiger partial charge in [-0.05, 0) is 36.8 Å². The lowest BCUT2D eigenvalue weighted by Gasteiger charge is -2.26. The zero-order valence-electron chi connectivity index (χ0n) is 14.5. The Morgan fingerprint density at radius 2 is 2.00 bits per heavy atom. The fourth-order valence-electron chi connectivity index (χ4n) is 3.34. The molecule has 0 spiro atoms. The molecule has 2 aromatic carbocycles. The molecule has 4 rings (SSSR count). The fourth-order valence-corrected chi connectivity index (χ4v) is 4.39. The molecule has 1 aliphatic rings. The molecule has 2 N–H and O–H groups in total. The van der Waals surface area contributed by atoms with Crippen molar-refractivity contribution in [1.29, 1.82) is 0 Å². The van der Waals surface area contributed by atoms with Gasteiger partial charge in [0, 0.05) is 12.0 Å². The molecule has 1 aromatic heterocycles. The third kappa shape index (κ3) is 3.30. The molecule has 25 heavy (non-hydrogen) atoms. The van der Waals surface area contributed by atoms with Crippen LogP contribution in [0.2, 0.25) is 0 Å². The second-order valence-corrected chi connectivity index (χ2v) is 7.98. The van der Waals surface area contributed by atoms with E-state index in [0.29, 0.717) is 16.7 Å². The SMILES string of the molecule is CC(C)[NH+]1CCc2nc(NC(=O)c3ccc4ccccc4c3)sc2C1. The van der Waals surface area contributed by atoms with Crippen molar-refractivity contribution in [2.24, 2.45) is 0 Å². The molecule has 0 fully saturated rings. The Hall–Kier alpha value is -2.24. The van der Waals surface area contributed by atoms with E-state index < -0.39 is 0 Å². The van der Waals surface area contributed by atoms with E-state index in [2.05, 4.69) is 30.2 Å². The van der Waals surface area contributed by atoms with Crippen molar-refractivity contribution in [2.45, 2.75) is 32.9 Å². The highest BCUT2D eigenvalue weighted by Crippen LogP contribution is 2.25. The number of hydrogen-bond acceptors (Lipinski definition) is 3. The molecule has 0 saturated carbocycles. The minimum Gasteiger partial charge on any atom is -0.328 e. The van der Waals surface area contributed by atoms with Crippen molar-refractivity contribution in [3.63, 3.8) is 0 Å². The molecule has 1 atom stereocenters. The molecule has 4 nitrogen and oxygen atoms in total. The quantitative estimate of drug-likeness (QED) is 0.761. The van der Waals surface area contributed by atoms with Crippen LogP contribution in [0.25, 0.3) is 10.8 Å². The van der Waals surface area contributed by atoms with Crippen LogP contribution >= 0.6 is 11.3 Å². The van der Waals surface area contributed by atoms with E-state index in [1.807, 2.05) is 36.4 Å². The predicted octanol–water partition coefficient (Wildman–Crippen LogP) is 2.90. The molecule has 0 radical (unpaired) electrons. The van der Waals surface area contributed by atoms with Crippen LogP contribution in [0.3, 0.4) is 0 Å². The summed E-state index contributed by atoms with van der Waals surface area (Å²) in [6.07, 6.45) is 0.991. The second-order valence-electron chi connectivity index (χ2n) is 6.89. The van der Waals surface area contributed by atoms with Gasteiger partial charge in [-0.3, -0.25) is 10.1 Å². The Kier molecular flexibility index (Phi) is 4.27. The number of aromatic nitrogens is 1. The second kappa shape index (κ2) is 6.58. The smallest absolute Gasteiger partial charge is 0.257 e. The van der Waals surface area contributed by atoms with E-state index in [0.717, 1.165) is 36.0 Å². The molecule has 1 amide bonds. The normalized spacial score (nSPS) is 16.8. The van der Waals surface area contributed by atoms with Gasteiger partial charge in [-0.2, -0.15) is 0 Å². The number of thiazole rings is 1. The van der Waals surface area contributed by atoms with Gasteiger partial charge in [0.1, 0.15) is 6.54 Å². The molecule has 1 aliphatic heterocycles. The zero-order chi connectivity index (χ0) is 17.4. The van der Waals surface area contributed by atoms with Crippen molar-refractivity contribution in [3.8, 4) is 0 Å². The van der Waals surface area contributed by atoms with Crippen LogP contribution in [0.5, 0.6) is 0 Å².